The largest absolute Gasteiger partial charge is 0.432 e. The summed E-state index contributed by atoms with van der Waals surface area (Å²) in [5.41, 5.74) is 4.78. The number of aromatic nitrogens is 2. The fourth-order valence-corrected chi connectivity index (χ4v) is 6.78. The molecule has 9 nitrogen and oxygen atoms in total. The van der Waals surface area contributed by atoms with Crippen LogP contribution in [0.1, 0.15) is 29.7 Å². The molecule has 0 radical (unpaired) electrons. The monoisotopic (exact) mass is 589 g/mol. The van der Waals surface area contributed by atoms with Gasteiger partial charge in [-0.15, -0.1) is 0 Å². The van der Waals surface area contributed by atoms with Gasteiger partial charge in [0.05, 0.1) is 30.6 Å². The third-order valence-electron chi connectivity index (χ3n) is 9.19. The number of piperazine rings is 1. The highest BCUT2D eigenvalue weighted by atomic mass is 16.5. The van der Waals surface area contributed by atoms with Gasteiger partial charge in [-0.25, -0.2) is 0 Å². The first-order chi connectivity index (χ1) is 21.4. The minimum Gasteiger partial charge on any atom is -0.432 e. The number of benzene rings is 2. The molecule has 0 saturated carbocycles. The lowest BCUT2D eigenvalue weighted by Crippen LogP contribution is -2.56. The molecule has 2 atom stereocenters. The maximum Gasteiger partial charge on any atom is 0.323 e. The van der Waals surface area contributed by atoms with Crippen LogP contribution >= 0.6 is 0 Å². The molecule has 44 heavy (non-hydrogen) atoms. The van der Waals surface area contributed by atoms with Crippen LogP contribution in [-0.4, -0.2) is 77.5 Å². The molecule has 0 aliphatic carbocycles. The van der Waals surface area contributed by atoms with Crippen molar-refractivity contribution in [3.8, 4) is 12.1 Å². The molecule has 3 aromatic rings. The number of likely N-dealkylation sites (N-methyl/N-ethyl adjacent to an activating group) is 1. The molecule has 0 bridgehead atoms. The quantitative estimate of drug-likeness (QED) is 0.221. The lowest BCUT2D eigenvalue weighted by atomic mass is 9.99. The minimum atomic E-state index is -0.467. The summed E-state index contributed by atoms with van der Waals surface area (Å²) in [6.45, 7) is 13.7. The van der Waals surface area contributed by atoms with Crippen LogP contribution in [0.2, 0.25) is 0 Å². The van der Waals surface area contributed by atoms with Crippen LogP contribution < -0.4 is 14.5 Å². The average Bonchev–Trinajstić information content (AvgIpc) is 3.47. The van der Waals surface area contributed by atoms with Gasteiger partial charge >= 0.3 is 6.01 Å². The first kappa shape index (κ1) is 29.4. The molecule has 1 aromatic heterocycles. The maximum atomic E-state index is 12.6. The summed E-state index contributed by atoms with van der Waals surface area (Å²) in [7, 11) is 2.13. The van der Waals surface area contributed by atoms with Crippen molar-refractivity contribution in [2.75, 3.05) is 49.6 Å². The molecular formula is C35H39N7O2. The standard InChI is InChI=1S/C35H39N7O2/c1-5-32(43)42-19-18-41(23-31(42)25(3)21-36)34-28-14-17-40(30-13-7-11-26-10-6-9-24(2)33(26)30)22-29(28)37-35(38-34)44-20-15-27-12-8-16-39(27)4/h5-7,9-11,13,15,20,27,31H,1,3,8,12,14,16-19,22-23H2,2,4H3/b20-15+/t27-,31+/m0/s1. The van der Waals surface area contributed by atoms with Gasteiger partial charge in [0, 0.05) is 54.4 Å². The number of carbonyl (C=O) groups is 1. The molecule has 9 heteroatoms. The molecule has 4 heterocycles. The van der Waals surface area contributed by atoms with Crippen molar-refractivity contribution in [1.82, 2.24) is 19.8 Å². The SMILES string of the molecule is C=CC(=O)N1CCN(c2nc(O/C=C/[C@@H]3CCCN3C)nc3c2CCN(c2cccc4cccc(C)c24)C3)C[C@@H]1C(=C)C#N. The first-order valence-electron chi connectivity index (χ1n) is 15.3. The van der Waals surface area contributed by atoms with Crippen LogP contribution in [0.4, 0.5) is 11.5 Å². The van der Waals surface area contributed by atoms with Gasteiger partial charge in [0.1, 0.15) is 5.82 Å². The second-order valence-corrected chi connectivity index (χ2v) is 11.8. The van der Waals surface area contributed by atoms with Crippen molar-refractivity contribution < 1.29 is 9.53 Å². The molecule has 3 aliphatic heterocycles. The van der Waals surface area contributed by atoms with Gasteiger partial charge in [-0.3, -0.25) is 9.69 Å². The zero-order valence-corrected chi connectivity index (χ0v) is 25.6. The lowest BCUT2D eigenvalue weighted by molar-refractivity contribution is -0.127. The highest BCUT2D eigenvalue weighted by Crippen LogP contribution is 2.36. The van der Waals surface area contributed by atoms with Gasteiger partial charge in [-0.05, 0) is 68.9 Å². The van der Waals surface area contributed by atoms with Crippen LogP contribution in [0.25, 0.3) is 10.8 Å². The van der Waals surface area contributed by atoms with Crippen molar-refractivity contribution in [3.63, 3.8) is 0 Å². The summed E-state index contributed by atoms with van der Waals surface area (Å²) < 4.78 is 6.09. The fraction of sp³-hybridized carbons (Fsp3) is 0.371. The lowest BCUT2D eigenvalue weighted by Gasteiger charge is -2.42. The normalized spacial score (nSPS) is 20.5. The summed E-state index contributed by atoms with van der Waals surface area (Å²) >= 11 is 0. The number of nitrogens with zero attached hydrogens (tertiary/aromatic N) is 7. The number of hydrogen-bond acceptors (Lipinski definition) is 8. The van der Waals surface area contributed by atoms with E-state index in [0.717, 1.165) is 43.0 Å². The topological polar surface area (TPSA) is 88.8 Å². The number of amides is 1. The van der Waals surface area contributed by atoms with Crippen LogP contribution in [0, 0.1) is 18.3 Å². The number of nitriles is 1. The predicted molar refractivity (Wildman–Crippen MR) is 174 cm³/mol. The summed E-state index contributed by atoms with van der Waals surface area (Å²) in [5, 5.41) is 12.2. The van der Waals surface area contributed by atoms with E-state index >= 15 is 0 Å². The van der Waals surface area contributed by atoms with Gasteiger partial charge in [0.2, 0.25) is 5.91 Å². The van der Waals surface area contributed by atoms with Gasteiger partial charge < -0.3 is 19.4 Å². The third-order valence-corrected chi connectivity index (χ3v) is 9.19. The summed E-state index contributed by atoms with van der Waals surface area (Å²) in [6, 6.07) is 15.2. The molecule has 2 fully saturated rings. The van der Waals surface area contributed by atoms with Gasteiger partial charge in [0.25, 0.3) is 0 Å². The molecule has 2 aromatic carbocycles. The summed E-state index contributed by atoms with van der Waals surface area (Å²) in [4.78, 5) is 31.1. The number of hydrogen-bond donors (Lipinski definition) is 0. The van der Waals surface area contributed by atoms with Gasteiger partial charge in [0.15, 0.2) is 0 Å². The molecule has 6 rings (SSSR count). The number of fused-ring (bicyclic) bond motifs is 2. The summed E-state index contributed by atoms with van der Waals surface area (Å²) in [6.07, 6.45) is 8.12. The molecule has 2 saturated heterocycles. The number of aryl methyl sites for hydroxylation is 1. The molecular weight excluding hydrogens is 550 g/mol. The number of ether oxygens (including phenoxy) is 1. The first-order valence-corrected chi connectivity index (χ1v) is 15.3. The molecule has 0 spiro atoms. The van der Waals surface area contributed by atoms with E-state index in [1.165, 1.54) is 34.5 Å². The second kappa shape index (κ2) is 12.5. The van der Waals surface area contributed by atoms with Crippen molar-refractivity contribution in [2.45, 2.75) is 44.8 Å². The van der Waals surface area contributed by atoms with E-state index in [9.17, 15) is 10.1 Å². The Morgan fingerprint density at radius 2 is 1.93 bits per heavy atom. The Morgan fingerprint density at radius 1 is 1.11 bits per heavy atom. The van der Waals surface area contributed by atoms with E-state index in [0.29, 0.717) is 43.8 Å². The molecule has 3 aliphatic rings. The second-order valence-electron chi connectivity index (χ2n) is 11.8. The Bertz CT molecular complexity index is 1670. The number of anilines is 2. The van der Waals surface area contributed by atoms with E-state index in [4.69, 9.17) is 14.7 Å². The molecule has 226 valence electrons. The van der Waals surface area contributed by atoms with Crippen LogP contribution in [0.3, 0.4) is 0 Å². The zero-order chi connectivity index (χ0) is 30.8. The van der Waals surface area contributed by atoms with Crippen molar-refractivity contribution in [3.05, 3.63) is 90.4 Å². The van der Waals surface area contributed by atoms with E-state index in [1.54, 1.807) is 11.2 Å². The number of carbonyl (C=O) groups excluding carboxylic acids is 1. The number of rotatable bonds is 7. The number of likely N-dealkylation sites (tertiary alicyclic amines) is 1. The van der Waals surface area contributed by atoms with Crippen LogP contribution in [0.5, 0.6) is 6.01 Å². The fourth-order valence-electron chi connectivity index (χ4n) is 6.78. The van der Waals surface area contributed by atoms with Crippen LogP contribution in [0.15, 0.2) is 73.5 Å². The summed E-state index contributed by atoms with van der Waals surface area (Å²) in [5.74, 6) is 0.592. The van der Waals surface area contributed by atoms with E-state index in [-0.39, 0.29) is 5.91 Å². The Labute approximate surface area is 259 Å². The Hall–Kier alpha value is -4.68. The average molecular weight is 590 g/mol. The smallest absolute Gasteiger partial charge is 0.323 e. The Kier molecular flexibility index (Phi) is 8.36. The zero-order valence-electron chi connectivity index (χ0n) is 25.6. The van der Waals surface area contributed by atoms with Crippen molar-refractivity contribution in [2.24, 2.45) is 0 Å². The highest BCUT2D eigenvalue weighted by molar-refractivity contribution is 5.97. The van der Waals surface area contributed by atoms with Crippen molar-refractivity contribution >= 4 is 28.2 Å². The van der Waals surface area contributed by atoms with Crippen LogP contribution in [-0.2, 0) is 17.8 Å². The maximum absolute atomic E-state index is 12.6. The molecule has 1 amide bonds. The Balaban J connectivity index is 1.36. The molecule has 0 unspecified atom stereocenters. The minimum absolute atomic E-state index is 0.206. The van der Waals surface area contributed by atoms with Gasteiger partial charge in [-0.2, -0.15) is 15.2 Å². The highest BCUT2D eigenvalue weighted by Gasteiger charge is 2.35. The Morgan fingerprint density at radius 3 is 2.68 bits per heavy atom. The van der Waals surface area contributed by atoms with E-state index < -0.39 is 6.04 Å². The molecule has 0 N–H and O–H groups in total. The van der Waals surface area contributed by atoms with E-state index in [2.05, 4.69) is 90.4 Å². The predicted octanol–water partition coefficient (Wildman–Crippen LogP) is 4.77. The third kappa shape index (κ3) is 5.65. The van der Waals surface area contributed by atoms with Crippen molar-refractivity contribution in [1.29, 1.82) is 5.26 Å². The van der Waals surface area contributed by atoms with E-state index in [1.807, 2.05) is 0 Å². The van der Waals surface area contributed by atoms with Gasteiger partial charge in [-0.1, -0.05) is 43.5 Å².